The molecule has 1 aromatic heterocycles. The highest BCUT2D eigenvalue weighted by molar-refractivity contribution is 9.10. The van der Waals surface area contributed by atoms with Gasteiger partial charge in [0.15, 0.2) is 5.78 Å². The molecule has 0 radical (unpaired) electrons. The van der Waals surface area contributed by atoms with Crippen molar-refractivity contribution in [2.24, 2.45) is 7.05 Å². The second-order valence-corrected chi connectivity index (χ2v) is 5.58. The summed E-state index contributed by atoms with van der Waals surface area (Å²) in [6.07, 6.45) is 0.199. The summed E-state index contributed by atoms with van der Waals surface area (Å²) in [5.41, 5.74) is 8.32. The third-order valence-electron chi connectivity index (χ3n) is 2.92. The Morgan fingerprint density at radius 2 is 2.21 bits per heavy atom. The number of anilines is 1. The first kappa shape index (κ1) is 14.1. The van der Waals surface area contributed by atoms with Crippen LogP contribution in [0.15, 0.2) is 22.7 Å². The van der Waals surface area contributed by atoms with Gasteiger partial charge in [0.05, 0.1) is 5.69 Å². The van der Waals surface area contributed by atoms with Crippen molar-refractivity contribution < 1.29 is 4.79 Å². The van der Waals surface area contributed by atoms with Crippen molar-refractivity contribution in [3.05, 3.63) is 44.6 Å². The van der Waals surface area contributed by atoms with Crippen LogP contribution in [0.2, 0.25) is 5.15 Å². The van der Waals surface area contributed by atoms with Crippen LogP contribution in [0.25, 0.3) is 0 Å². The number of carbonyl (C=O) groups excluding carboxylic acids is 1. The zero-order chi connectivity index (χ0) is 14.2. The Bertz CT molecular complexity index is 652. The standard InChI is InChI=1S/C13H13BrClN3O/c1-7-10(13(15)18(2)17-7)6-12(19)9-4-3-8(14)5-11(9)16/h3-5H,6,16H2,1-2H3. The van der Waals surface area contributed by atoms with Gasteiger partial charge in [-0.2, -0.15) is 5.10 Å². The second kappa shape index (κ2) is 5.35. The van der Waals surface area contributed by atoms with Crippen molar-refractivity contribution in [2.75, 3.05) is 5.73 Å². The third kappa shape index (κ3) is 2.82. The van der Waals surface area contributed by atoms with E-state index >= 15 is 0 Å². The fourth-order valence-corrected chi connectivity index (χ4v) is 2.54. The van der Waals surface area contributed by atoms with Gasteiger partial charge in [0, 0.05) is 34.8 Å². The van der Waals surface area contributed by atoms with Crippen molar-refractivity contribution in [3.8, 4) is 0 Å². The molecule has 100 valence electrons. The summed E-state index contributed by atoms with van der Waals surface area (Å²) < 4.78 is 2.40. The molecular weight excluding hydrogens is 330 g/mol. The van der Waals surface area contributed by atoms with E-state index in [0.717, 1.165) is 15.7 Å². The molecule has 0 saturated heterocycles. The Balaban J connectivity index is 2.31. The third-order valence-corrected chi connectivity index (χ3v) is 3.89. The number of rotatable bonds is 3. The van der Waals surface area contributed by atoms with E-state index in [0.29, 0.717) is 16.4 Å². The zero-order valence-corrected chi connectivity index (χ0v) is 12.9. The summed E-state index contributed by atoms with van der Waals surface area (Å²) in [5.74, 6) is -0.0667. The Morgan fingerprint density at radius 3 is 2.74 bits per heavy atom. The lowest BCUT2D eigenvalue weighted by Gasteiger charge is -2.05. The van der Waals surface area contributed by atoms with E-state index in [-0.39, 0.29) is 12.2 Å². The van der Waals surface area contributed by atoms with Crippen LogP contribution in [0.5, 0.6) is 0 Å². The number of hydrogen-bond acceptors (Lipinski definition) is 3. The number of nitrogens with two attached hydrogens (primary N) is 1. The van der Waals surface area contributed by atoms with Crippen molar-refractivity contribution in [3.63, 3.8) is 0 Å². The molecule has 4 nitrogen and oxygen atoms in total. The van der Waals surface area contributed by atoms with Gasteiger partial charge >= 0.3 is 0 Å². The molecule has 1 heterocycles. The minimum absolute atomic E-state index is 0.0667. The van der Waals surface area contributed by atoms with E-state index < -0.39 is 0 Å². The van der Waals surface area contributed by atoms with Gasteiger partial charge in [0.1, 0.15) is 5.15 Å². The maximum atomic E-state index is 12.3. The van der Waals surface area contributed by atoms with Crippen LogP contribution in [0.1, 0.15) is 21.6 Å². The number of benzene rings is 1. The molecule has 2 N–H and O–H groups in total. The number of nitrogens with zero attached hydrogens (tertiary/aromatic N) is 2. The molecule has 0 aliphatic rings. The van der Waals surface area contributed by atoms with Gasteiger partial charge in [-0.3, -0.25) is 9.48 Å². The van der Waals surface area contributed by atoms with E-state index in [1.165, 1.54) is 0 Å². The molecular formula is C13H13BrClN3O. The Kier molecular flexibility index (Phi) is 3.96. The molecule has 0 fully saturated rings. The molecule has 2 rings (SSSR count). The molecule has 0 saturated carbocycles. The summed E-state index contributed by atoms with van der Waals surface area (Å²) >= 11 is 9.43. The summed E-state index contributed by atoms with van der Waals surface area (Å²) in [6.45, 7) is 1.83. The number of carbonyl (C=O) groups is 1. The van der Waals surface area contributed by atoms with Crippen LogP contribution >= 0.6 is 27.5 Å². The Hall–Kier alpha value is -1.33. The van der Waals surface area contributed by atoms with Gasteiger partial charge in [0.2, 0.25) is 0 Å². The van der Waals surface area contributed by atoms with Gasteiger partial charge in [-0.05, 0) is 25.1 Å². The fourth-order valence-electron chi connectivity index (χ4n) is 1.92. The predicted molar refractivity (Wildman–Crippen MR) is 79.5 cm³/mol. The van der Waals surface area contributed by atoms with Crippen LogP contribution in [0.4, 0.5) is 5.69 Å². The summed E-state index contributed by atoms with van der Waals surface area (Å²) in [6, 6.07) is 5.22. The second-order valence-electron chi connectivity index (χ2n) is 4.31. The number of aryl methyl sites for hydroxylation is 2. The highest BCUT2D eigenvalue weighted by Gasteiger charge is 2.17. The number of aromatic nitrogens is 2. The van der Waals surface area contributed by atoms with E-state index in [1.54, 1.807) is 29.9 Å². The zero-order valence-electron chi connectivity index (χ0n) is 10.6. The summed E-state index contributed by atoms with van der Waals surface area (Å²) in [7, 11) is 1.75. The van der Waals surface area contributed by atoms with Gasteiger partial charge in [-0.25, -0.2) is 0 Å². The average molecular weight is 343 g/mol. The van der Waals surface area contributed by atoms with E-state index in [4.69, 9.17) is 17.3 Å². The first-order valence-electron chi connectivity index (χ1n) is 5.66. The molecule has 6 heteroatoms. The van der Waals surface area contributed by atoms with Crippen LogP contribution < -0.4 is 5.73 Å². The number of Topliss-reactive ketones (excluding diaryl/α,β-unsaturated/α-hetero) is 1. The molecule has 0 atom stereocenters. The maximum Gasteiger partial charge on any atom is 0.169 e. The number of ketones is 1. The molecule has 0 unspecified atom stereocenters. The van der Waals surface area contributed by atoms with Crippen LogP contribution in [-0.2, 0) is 13.5 Å². The lowest BCUT2D eigenvalue weighted by molar-refractivity contribution is 0.0993. The average Bonchev–Trinajstić information content (AvgIpc) is 2.56. The molecule has 1 aromatic carbocycles. The smallest absolute Gasteiger partial charge is 0.169 e. The highest BCUT2D eigenvalue weighted by Crippen LogP contribution is 2.24. The SMILES string of the molecule is Cc1nn(C)c(Cl)c1CC(=O)c1ccc(Br)cc1N. The number of hydrogen-bond donors (Lipinski definition) is 1. The number of halogens is 2. The lowest BCUT2D eigenvalue weighted by Crippen LogP contribution is -2.07. The minimum atomic E-state index is -0.0667. The quantitative estimate of drug-likeness (QED) is 0.688. The van der Waals surface area contributed by atoms with Crippen molar-refractivity contribution in [1.82, 2.24) is 9.78 Å². The maximum absolute atomic E-state index is 12.3. The molecule has 0 aliphatic carbocycles. The van der Waals surface area contributed by atoms with Gasteiger partial charge < -0.3 is 5.73 Å². The van der Waals surface area contributed by atoms with E-state index in [2.05, 4.69) is 21.0 Å². The first-order chi connectivity index (χ1) is 8.90. The molecule has 0 spiro atoms. The van der Waals surface area contributed by atoms with E-state index in [9.17, 15) is 4.79 Å². The van der Waals surface area contributed by atoms with Gasteiger partial charge in [-0.15, -0.1) is 0 Å². The lowest BCUT2D eigenvalue weighted by atomic mass is 10.0. The van der Waals surface area contributed by atoms with Crippen LogP contribution in [-0.4, -0.2) is 15.6 Å². The fraction of sp³-hybridized carbons (Fsp3) is 0.231. The first-order valence-corrected chi connectivity index (χ1v) is 6.83. The van der Waals surface area contributed by atoms with Crippen molar-refractivity contribution >= 4 is 39.0 Å². The topological polar surface area (TPSA) is 60.9 Å². The minimum Gasteiger partial charge on any atom is -0.398 e. The molecule has 19 heavy (non-hydrogen) atoms. The summed E-state index contributed by atoms with van der Waals surface area (Å²) in [5, 5.41) is 4.68. The van der Waals surface area contributed by atoms with Gasteiger partial charge in [-0.1, -0.05) is 27.5 Å². The molecule has 0 bridgehead atoms. The monoisotopic (exact) mass is 341 g/mol. The normalized spacial score (nSPS) is 10.7. The molecule has 0 amide bonds. The van der Waals surface area contributed by atoms with Crippen molar-refractivity contribution in [1.29, 1.82) is 0 Å². The predicted octanol–water partition coefficient (Wildman–Crippen LogP) is 3.15. The molecule has 0 aliphatic heterocycles. The van der Waals surface area contributed by atoms with Gasteiger partial charge in [0.25, 0.3) is 0 Å². The summed E-state index contributed by atoms with van der Waals surface area (Å²) in [4.78, 5) is 12.3. The van der Waals surface area contributed by atoms with Crippen LogP contribution in [0.3, 0.4) is 0 Å². The van der Waals surface area contributed by atoms with Crippen LogP contribution in [0, 0.1) is 6.92 Å². The van der Waals surface area contributed by atoms with Crippen molar-refractivity contribution in [2.45, 2.75) is 13.3 Å². The number of nitrogen functional groups attached to an aromatic ring is 1. The highest BCUT2D eigenvalue weighted by atomic mass is 79.9. The molecule has 2 aromatic rings. The Morgan fingerprint density at radius 1 is 1.53 bits per heavy atom. The Labute approximate surface area is 124 Å². The van der Waals surface area contributed by atoms with E-state index in [1.807, 2.05) is 6.92 Å². The largest absolute Gasteiger partial charge is 0.398 e.